The normalized spacial score (nSPS) is 11.6. The Kier molecular flexibility index (Phi) is 4.69. The molecule has 0 bridgehead atoms. The predicted octanol–water partition coefficient (Wildman–Crippen LogP) is 0.509. The van der Waals surface area contributed by atoms with E-state index in [2.05, 4.69) is 25.8 Å². The number of carbonyl (C=O) groups excluding carboxylic acids is 1. The molecule has 0 aliphatic carbocycles. The second kappa shape index (κ2) is 6.69. The average Bonchev–Trinajstić information content (AvgIpc) is 3.01. The Labute approximate surface area is 130 Å². The fraction of sp³-hybridized carbons (Fsp3) is 0. The molecule has 2 aromatic rings. The van der Waals surface area contributed by atoms with Crippen LogP contribution in [0.3, 0.4) is 0 Å². The summed E-state index contributed by atoms with van der Waals surface area (Å²) in [5, 5.41) is 20.0. The molecule has 0 saturated carbocycles. The maximum Gasteiger partial charge on any atom is 0.294 e. The van der Waals surface area contributed by atoms with Gasteiger partial charge in [-0.2, -0.15) is 23.8 Å². The largest absolute Gasteiger partial charge is 0.330 e. The second-order valence-electron chi connectivity index (χ2n) is 4.10. The van der Waals surface area contributed by atoms with Crippen LogP contribution in [0.2, 0.25) is 0 Å². The first-order valence-electron chi connectivity index (χ1n) is 6.01. The number of nitrogens with zero attached hydrogens (tertiary/aromatic N) is 3. The Hall–Kier alpha value is -3.23. The van der Waals surface area contributed by atoms with E-state index in [1.165, 1.54) is 18.5 Å². The first kappa shape index (κ1) is 16.1. The maximum atomic E-state index is 11.9. The van der Waals surface area contributed by atoms with Crippen LogP contribution < -0.4 is 10.6 Å². The Morgan fingerprint density at radius 2 is 2.04 bits per heavy atom. The van der Waals surface area contributed by atoms with Gasteiger partial charge in [0, 0.05) is 11.9 Å². The van der Waals surface area contributed by atoms with Crippen molar-refractivity contribution in [1.29, 1.82) is 5.26 Å². The number of amides is 1. The monoisotopic (exact) mass is 334 g/mol. The van der Waals surface area contributed by atoms with Crippen LogP contribution in [0.15, 0.2) is 47.3 Å². The molecule has 0 radical (unpaired) electrons. The van der Waals surface area contributed by atoms with E-state index in [1.807, 2.05) is 0 Å². The summed E-state index contributed by atoms with van der Waals surface area (Å²) in [4.78, 5) is 15.4. The molecule has 0 aliphatic rings. The topological polar surface area (TPSA) is 161 Å². The van der Waals surface area contributed by atoms with Crippen molar-refractivity contribution in [2.45, 2.75) is 4.90 Å². The van der Waals surface area contributed by atoms with Gasteiger partial charge in [0.25, 0.3) is 16.0 Å². The van der Waals surface area contributed by atoms with E-state index in [-0.39, 0.29) is 22.1 Å². The number of anilines is 2. The fourth-order valence-corrected chi connectivity index (χ4v) is 1.95. The van der Waals surface area contributed by atoms with Gasteiger partial charge in [-0.1, -0.05) is 0 Å². The highest BCUT2D eigenvalue weighted by Gasteiger charge is 2.12. The van der Waals surface area contributed by atoms with E-state index in [0.29, 0.717) is 0 Å². The lowest BCUT2D eigenvalue weighted by Gasteiger charge is -2.05. The summed E-state index contributed by atoms with van der Waals surface area (Å²) >= 11 is 0. The molecule has 1 aromatic heterocycles. The van der Waals surface area contributed by atoms with Crippen LogP contribution in [0, 0.1) is 11.3 Å². The number of hydrogen-bond acceptors (Lipinski definition) is 7. The number of rotatable bonds is 5. The smallest absolute Gasteiger partial charge is 0.294 e. The molecule has 1 heterocycles. The minimum Gasteiger partial charge on any atom is -0.330 e. The number of hydrogen-bond donors (Lipinski definition) is 4. The SMILES string of the molecule is N#C/C(=C/Nc1ncn[nH]1)C(=O)Nc1ccc(S(=O)(=O)O)cc1. The number of nitriles is 1. The molecule has 2 rings (SSSR count). The van der Waals surface area contributed by atoms with Crippen molar-refractivity contribution >= 4 is 27.7 Å². The van der Waals surface area contributed by atoms with Gasteiger partial charge in [0.15, 0.2) is 0 Å². The predicted molar refractivity (Wildman–Crippen MR) is 78.6 cm³/mol. The van der Waals surface area contributed by atoms with E-state index < -0.39 is 16.0 Å². The van der Waals surface area contributed by atoms with E-state index in [4.69, 9.17) is 9.81 Å². The molecular weight excluding hydrogens is 324 g/mol. The molecule has 118 valence electrons. The van der Waals surface area contributed by atoms with Gasteiger partial charge in [0.1, 0.15) is 18.0 Å². The molecule has 0 saturated heterocycles. The van der Waals surface area contributed by atoms with Crippen LogP contribution in [0.25, 0.3) is 0 Å². The Morgan fingerprint density at radius 3 is 2.57 bits per heavy atom. The van der Waals surface area contributed by atoms with Crippen molar-refractivity contribution in [1.82, 2.24) is 15.2 Å². The lowest BCUT2D eigenvalue weighted by atomic mass is 10.2. The zero-order chi connectivity index (χ0) is 16.9. The third-order valence-corrected chi connectivity index (χ3v) is 3.41. The average molecular weight is 334 g/mol. The van der Waals surface area contributed by atoms with E-state index >= 15 is 0 Å². The summed E-state index contributed by atoms with van der Waals surface area (Å²) in [6, 6.07) is 6.50. The highest BCUT2D eigenvalue weighted by Crippen LogP contribution is 2.14. The molecule has 0 spiro atoms. The quantitative estimate of drug-likeness (QED) is 0.349. The van der Waals surface area contributed by atoms with Crippen LogP contribution >= 0.6 is 0 Å². The molecule has 0 fully saturated rings. The number of carbonyl (C=O) groups is 1. The van der Waals surface area contributed by atoms with E-state index in [0.717, 1.165) is 18.3 Å². The van der Waals surface area contributed by atoms with Crippen molar-refractivity contribution in [3.63, 3.8) is 0 Å². The van der Waals surface area contributed by atoms with Crippen LogP contribution in [-0.2, 0) is 14.9 Å². The molecule has 1 amide bonds. The van der Waals surface area contributed by atoms with Gasteiger partial charge < -0.3 is 10.6 Å². The van der Waals surface area contributed by atoms with E-state index in [9.17, 15) is 13.2 Å². The molecule has 23 heavy (non-hydrogen) atoms. The first-order chi connectivity index (χ1) is 10.9. The maximum absolute atomic E-state index is 11.9. The Balaban J connectivity index is 2.07. The molecule has 10 nitrogen and oxygen atoms in total. The third kappa shape index (κ3) is 4.37. The lowest BCUT2D eigenvalue weighted by Crippen LogP contribution is -2.14. The fourth-order valence-electron chi connectivity index (χ4n) is 1.47. The summed E-state index contributed by atoms with van der Waals surface area (Å²) in [7, 11) is -4.31. The highest BCUT2D eigenvalue weighted by atomic mass is 32.2. The summed E-state index contributed by atoms with van der Waals surface area (Å²) in [5.41, 5.74) is 0.0171. The van der Waals surface area contributed by atoms with Crippen LogP contribution in [0.4, 0.5) is 11.6 Å². The van der Waals surface area contributed by atoms with Crippen LogP contribution in [0.5, 0.6) is 0 Å². The molecule has 4 N–H and O–H groups in total. The van der Waals surface area contributed by atoms with Gasteiger partial charge in [-0.3, -0.25) is 9.35 Å². The lowest BCUT2D eigenvalue weighted by molar-refractivity contribution is -0.112. The summed E-state index contributed by atoms with van der Waals surface area (Å²) < 4.78 is 30.7. The standard InChI is InChI=1S/C12H10N6O4S/c13-5-8(6-14-12-15-7-16-18-12)11(19)17-9-1-3-10(4-2-9)23(20,21)22/h1-4,6-7H,(H,17,19)(H,20,21,22)(H2,14,15,16,18)/b8-6-. The molecular formula is C12H10N6O4S. The van der Waals surface area contributed by atoms with Gasteiger partial charge in [-0.15, -0.1) is 0 Å². The third-order valence-electron chi connectivity index (χ3n) is 2.54. The Morgan fingerprint density at radius 1 is 1.35 bits per heavy atom. The van der Waals surface area contributed by atoms with Crippen molar-refractivity contribution in [2.24, 2.45) is 0 Å². The number of H-pyrrole nitrogens is 1. The van der Waals surface area contributed by atoms with Crippen molar-refractivity contribution < 1.29 is 17.8 Å². The van der Waals surface area contributed by atoms with Gasteiger partial charge in [0.05, 0.1) is 4.90 Å². The van der Waals surface area contributed by atoms with Crippen molar-refractivity contribution in [2.75, 3.05) is 10.6 Å². The van der Waals surface area contributed by atoms with Crippen LogP contribution in [-0.4, -0.2) is 34.1 Å². The zero-order valence-electron chi connectivity index (χ0n) is 11.4. The minimum atomic E-state index is -4.31. The highest BCUT2D eigenvalue weighted by molar-refractivity contribution is 7.85. The number of nitrogens with one attached hydrogen (secondary N) is 3. The van der Waals surface area contributed by atoms with Gasteiger partial charge in [-0.25, -0.2) is 5.10 Å². The molecule has 0 unspecified atom stereocenters. The van der Waals surface area contributed by atoms with E-state index in [1.54, 1.807) is 6.07 Å². The summed E-state index contributed by atoms with van der Waals surface area (Å²) in [6.45, 7) is 0. The summed E-state index contributed by atoms with van der Waals surface area (Å²) in [6.07, 6.45) is 2.39. The minimum absolute atomic E-state index is 0.236. The zero-order valence-corrected chi connectivity index (χ0v) is 12.2. The number of aromatic nitrogens is 3. The van der Waals surface area contributed by atoms with Gasteiger partial charge >= 0.3 is 0 Å². The Bertz CT molecular complexity index is 865. The number of aromatic amines is 1. The molecule has 1 aromatic carbocycles. The van der Waals surface area contributed by atoms with Gasteiger partial charge in [-0.05, 0) is 24.3 Å². The van der Waals surface area contributed by atoms with Crippen molar-refractivity contribution in [3.8, 4) is 6.07 Å². The summed E-state index contributed by atoms with van der Waals surface area (Å²) in [5.74, 6) is -0.456. The number of benzene rings is 1. The molecule has 11 heteroatoms. The molecule has 0 atom stereocenters. The molecule has 0 aliphatic heterocycles. The van der Waals surface area contributed by atoms with Crippen LogP contribution in [0.1, 0.15) is 0 Å². The van der Waals surface area contributed by atoms with Gasteiger partial charge in [0.2, 0.25) is 5.95 Å². The van der Waals surface area contributed by atoms with Crippen molar-refractivity contribution in [3.05, 3.63) is 42.4 Å². The second-order valence-corrected chi connectivity index (χ2v) is 5.52. The first-order valence-corrected chi connectivity index (χ1v) is 7.45.